The number of rotatable bonds is 2. The van der Waals surface area contributed by atoms with Crippen molar-refractivity contribution in [2.75, 3.05) is 6.61 Å². The van der Waals surface area contributed by atoms with Crippen molar-refractivity contribution in [2.24, 2.45) is 0 Å². The fraction of sp³-hybridized carbons (Fsp3) is 0.500. The molecule has 2 rings (SSSR count). The second kappa shape index (κ2) is 4.01. The fourth-order valence-electron chi connectivity index (χ4n) is 1.71. The van der Waals surface area contributed by atoms with E-state index in [-0.39, 0.29) is 6.29 Å². The molecule has 0 amide bonds. The number of hydrogen-bond donors (Lipinski definition) is 0. The van der Waals surface area contributed by atoms with Crippen molar-refractivity contribution in [3.05, 3.63) is 29.3 Å². The van der Waals surface area contributed by atoms with Crippen LogP contribution < -0.4 is 4.74 Å². The van der Waals surface area contributed by atoms with Gasteiger partial charge in [0.1, 0.15) is 5.75 Å². The molecular weight excluding hydrogens is 176 g/mol. The number of ether oxygens (including phenoxy) is 2. The summed E-state index contributed by atoms with van der Waals surface area (Å²) >= 11 is 0. The summed E-state index contributed by atoms with van der Waals surface area (Å²) in [6.07, 6.45) is 2.08. The first kappa shape index (κ1) is 9.53. The molecule has 1 aliphatic heterocycles. The molecule has 1 aromatic carbocycles. The molecule has 0 saturated carbocycles. The molecule has 76 valence electrons. The van der Waals surface area contributed by atoms with Crippen molar-refractivity contribution in [3.63, 3.8) is 0 Å². The molecule has 1 fully saturated rings. The third-order valence-corrected chi connectivity index (χ3v) is 2.48. The molecule has 1 atom stereocenters. The zero-order valence-corrected chi connectivity index (χ0v) is 8.75. The highest BCUT2D eigenvalue weighted by Gasteiger charge is 2.17. The van der Waals surface area contributed by atoms with Gasteiger partial charge in [0.05, 0.1) is 6.61 Å². The molecule has 1 unspecified atom stereocenters. The molecule has 2 nitrogen and oxygen atoms in total. The van der Waals surface area contributed by atoms with E-state index in [9.17, 15) is 0 Å². The number of aryl methyl sites for hydroxylation is 2. The Morgan fingerprint density at radius 2 is 2.21 bits per heavy atom. The van der Waals surface area contributed by atoms with Gasteiger partial charge in [-0.15, -0.1) is 0 Å². The molecule has 0 aromatic heterocycles. The topological polar surface area (TPSA) is 18.5 Å². The van der Waals surface area contributed by atoms with E-state index in [1.165, 1.54) is 11.1 Å². The average Bonchev–Trinajstić information content (AvgIpc) is 2.62. The Morgan fingerprint density at radius 3 is 2.86 bits per heavy atom. The Balaban J connectivity index is 2.08. The van der Waals surface area contributed by atoms with E-state index in [1.54, 1.807) is 0 Å². The van der Waals surface area contributed by atoms with Crippen LogP contribution in [0.3, 0.4) is 0 Å². The van der Waals surface area contributed by atoms with Crippen LogP contribution in [0, 0.1) is 13.8 Å². The molecule has 1 saturated heterocycles. The standard InChI is InChI=1S/C12H16O2/c1-9-5-6-11(10(2)8-9)14-12-4-3-7-13-12/h5-6,8,12H,3-4,7H2,1-2H3. The lowest BCUT2D eigenvalue weighted by atomic mass is 10.1. The highest BCUT2D eigenvalue weighted by Crippen LogP contribution is 2.23. The Labute approximate surface area is 84.8 Å². The molecule has 14 heavy (non-hydrogen) atoms. The largest absolute Gasteiger partial charge is 0.465 e. The Hall–Kier alpha value is -1.02. The lowest BCUT2D eigenvalue weighted by molar-refractivity contribution is -0.0394. The van der Waals surface area contributed by atoms with Gasteiger partial charge >= 0.3 is 0 Å². The SMILES string of the molecule is Cc1ccc(OC2CCCO2)c(C)c1. The molecule has 1 aromatic rings. The van der Waals surface area contributed by atoms with Crippen molar-refractivity contribution in [1.29, 1.82) is 0 Å². The summed E-state index contributed by atoms with van der Waals surface area (Å²) in [7, 11) is 0. The Morgan fingerprint density at radius 1 is 1.36 bits per heavy atom. The lowest BCUT2D eigenvalue weighted by Crippen LogP contribution is -2.14. The molecule has 0 radical (unpaired) electrons. The fourth-order valence-corrected chi connectivity index (χ4v) is 1.71. The van der Waals surface area contributed by atoms with Crippen molar-refractivity contribution in [3.8, 4) is 5.75 Å². The minimum absolute atomic E-state index is 0.0311. The van der Waals surface area contributed by atoms with Crippen molar-refractivity contribution < 1.29 is 9.47 Å². The van der Waals surface area contributed by atoms with Gasteiger partial charge in [-0.3, -0.25) is 0 Å². The normalized spacial score (nSPS) is 21.1. The molecule has 0 aliphatic carbocycles. The van der Waals surface area contributed by atoms with Gasteiger partial charge in [0.15, 0.2) is 6.29 Å². The molecule has 1 heterocycles. The quantitative estimate of drug-likeness (QED) is 0.717. The minimum atomic E-state index is -0.0311. The van der Waals surface area contributed by atoms with Gasteiger partial charge in [0.2, 0.25) is 0 Å². The molecule has 0 spiro atoms. The van der Waals surface area contributed by atoms with Gasteiger partial charge in [-0.25, -0.2) is 0 Å². The monoisotopic (exact) mass is 192 g/mol. The second-order valence-electron chi connectivity index (χ2n) is 3.83. The van der Waals surface area contributed by atoms with E-state index in [2.05, 4.69) is 26.0 Å². The van der Waals surface area contributed by atoms with Crippen LogP contribution in [0.25, 0.3) is 0 Å². The van der Waals surface area contributed by atoms with Gasteiger partial charge in [-0.05, 0) is 31.9 Å². The maximum atomic E-state index is 5.74. The van der Waals surface area contributed by atoms with Crippen LogP contribution in [0.2, 0.25) is 0 Å². The minimum Gasteiger partial charge on any atom is -0.465 e. The summed E-state index contributed by atoms with van der Waals surface area (Å²) in [5, 5.41) is 0. The first-order chi connectivity index (χ1) is 6.75. The van der Waals surface area contributed by atoms with Gasteiger partial charge in [0, 0.05) is 6.42 Å². The first-order valence-corrected chi connectivity index (χ1v) is 5.11. The van der Waals surface area contributed by atoms with Gasteiger partial charge in [-0.2, -0.15) is 0 Å². The van der Waals surface area contributed by atoms with Gasteiger partial charge in [0.25, 0.3) is 0 Å². The summed E-state index contributed by atoms with van der Waals surface area (Å²) in [6, 6.07) is 6.22. The van der Waals surface area contributed by atoms with Crippen molar-refractivity contribution in [1.82, 2.24) is 0 Å². The highest BCUT2D eigenvalue weighted by molar-refractivity contribution is 5.35. The molecule has 0 N–H and O–H groups in total. The van der Waals surface area contributed by atoms with Crippen LogP contribution in [-0.2, 0) is 4.74 Å². The van der Waals surface area contributed by atoms with E-state index >= 15 is 0 Å². The first-order valence-electron chi connectivity index (χ1n) is 5.11. The van der Waals surface area contributed by atoms with E-state index < -0.39 is 0 Å². The van der Waals surface area contributed by atoms with Crippen LogP contribution in [0.15, 0.2) is 18.2 Å². The van der Waals surface area contributed by atoms with Gasteiger partial charge < -0.3 is 9.47 Å². The van der Waals surface area contributed by atoms with E-state index in [1.807, 2.05) is 6.07 Å². The lowest BCUT2D eigenvalue weighted by Gasteiger charge is -2.14. The number of benzene rings is 1. The zero-order chi connectivity index (χ0) is 9.97. The molecule has 0 bridgehead atoms. The summed E-state index contributed by atoms with van der Waals surface area (Å²) < 4.78 is 11.2. The summed E-state index contributed by atoms with van der Waals surface area (Å²) in [6.45, 7) is 4.98. The average molecular weight is 192 g/mol. The Kier molecular flexibility index (Phi) is 2.73. The molecule has 1 aliphatic rings. The summed E-state index contributed by atoms with van der Waals surface area (Å²) in [4.78, 5) is 0. The Bertz CT molecular complexity index is 314. The van der Waals surface area contributed by atoms with Gasteiger partial charge in [-0.1, -0.05) is 17.7 Å². The maximum absolute atomic E-state index is 5.74. The summed E-state index contributed by atoms with van der Waals surface area (Å²) in [5.41, 5.74) is 2.45. The van der Waals surface area contributed by atoms with Crippen LogP contribution in [0.4, 0.5) is 0 Å². The van der Waals surface area contributed by atoms with Crippen molar-refractivity contribution >= 4 is 0 Å². The van der Waals surface area contributed by atoms with Crippen LogP contribution in [0.5, 0.6) is 5.75 Å². The third kappa shape index (κ3) is 2.07. The molecule has 2 heteroatoms. The summed E-state index contributed by atoms with van der Waals surface area (Å²) in [5.74, 6) is 0.947. The van der Waals surface area contributed by atoms with Crippen LogP contribution in [-0.4, -0.2) is 12.9 Å². The van der Waals surface area contributed by atoms with Crippen LogP contribution >= 0.6 is 0 Å². The highest BCUT2D eigenvalue weighted by atomic mass is 16.7. The van der Waals surface area contributed by atoms with E-state index in [4.69, 9.17) is 9.47 Å². The smallest absolute Gasteiger partial charge is 0.199 e. The molecular formula is C12H16O2. The maximum Gasteiger partial charge on any atom is 0.199 e. The predicted molar refractivity (Wildman–Crippen MR) is 55.5 cm³/mol. The third-order valence-electron chi connectivity index (χ3n) is 2.48. The van der Waals surface area contributed by atoms with Crippen molar-refractivity contribution in [2.45, 2.75) is 33.0 Å². The van der Waals surface area contributed by atoms with Crippen LogP contribution in [0.1, 0.15) is 24.0 Å². The predicted octanol–water partition coefficient (Wildman–Crippen LogP) is 2.82. The number of hydrogen-bond acceptors (Lipinski definition) is 2. The van der Waals surface area contributed by atoms with E-state index in [0.717, 1.165) is 25.2 Å². The second-order valence-corrected chi connectivity index (χ2v) is 3.83. The zero-order valence-electron chi connectivity index (χ0n) is 8.75. The van der Waals surface area contributed by atoms with E-state index in [0.29, 0.717) is 0 Å².